The molecule has 0 aliphatic carbocycles. The molecule has 0 amide bonds. The monoisotopic (exact) mass is 407 g/mol. The van der Waals surface area contributed by atoms with E-state index in [9.17, 15) is 0 Å². The smallest absolute Gasteiger partial charge is 0.284 e. The zero-order chi connectivity index (χ0) is 21.3. The average molecular weight is 407 g/mol. The second-order valence-electron chi connectivity index (χ2n) is 6.26. The molecule has 0 aliphatic heterocycles. The molecule has 3 rings (SSSR count). The van der Waals surface area contributed by atoms with Crippen molar-refractivity contribution in [2.24, 2.45) is 0 Å². The first-order valence-electron chi connectivity index (χ1n) is 9.64. The highest BCUT2D eigenvalue weighted by molar-refractivity contribution is 5.70. The SMILES string of the molecule is CCN(CC)C(=N)OCc1nc(N)nc(Nc2ccc(Oc3ccccc3)cc2)n1. The molecule has 156 valence electrons. The van der Waals surface area contributed by atoms with Crippen molar-refractivity contribution in [3.8, 4) is 11.5 Å². The summed E-state index contributed by atoms with van der Waals surface area (Å²) < 4.78 is 11.2. The summed E-state index contributed by atoms with van der Waals surface area (Å²) in [6, 6.07) is 17.0. The molecule has 9 heteroatoms. The molecule has 0 spiro atoms. The van der Waals surface area contributed by atoms with Crippen molar-refractivity contribution in [3.63, 3.8) is 0 Å². The van der Waals surface area contributed by atoms with Crippen molar-refractivity contribution >= 4 is 23.6 Å². The number of nitrogen functional groups attached to an aromatic ring is 1. The van der Waals surface area contributed by atoms with Crippen LogP contribution < -0.4 is 15.8 Å². The zero-order valence-electron chi connectivity index (χ0n) is 17.0. The summed E-state index contributed by atoms with van der Waals surface area (Å²) >= 11 is 0. The maximum Gasteiger partial charge on any atom is 0.284 e. The van der Waals surface area contributed by atoms with Gasteiger partial charge in [-0.15, -0.1) is 0 Å². The quantitative estimate of drug-likeness (QED) is 0.381. The Morgan fingerprint density at radius 3 is 2.30 bits per heavy atom. The first kappa shape index (κ1) is 20.8. The van der Waals surface area contributed by atoms with Crippen LogP contribution in [-0.4, -0.2) is 39.0 Å². The van der Waals surface area contributed by atoms with Gasteiger partial charge >= 0.3 is 0 Å². The van der Waals surface area contributed by atoms with Crippen LogP contribution in [0.4, 0.5) is 17.6 Å². The maximum atomic E-state index is 7.96. The summed E-state index contributed by atoms with van der Waals surface area (Å²) in [7, 11) is 0. The van der Waals surface area contributed by atoms with Crippen molar-refractivity contribution in [2.75, 3.05) is 24.1 Å². The van der Waals surface area contributed by atoms with E-state index in [2.05, 4.69) is 20.3 Å². The van der Waals surface area contributed by atoms with Gasteiger partial charge in [0.25, 0.3) is 6.02 Å². The minimum Gasteiger partial charge on any atom is -0.457 e. The largest absolute Gasteiger partial charge is 0.457 e. The normalized spacial score (nSPS) is 10.3. The van der Waals surface area contributed by atoms with E-state index >= 15 is 0 Å². The van der Waals surface area contributed by atoms with Crippen LogP contribution in [0.1, 0.15) is 19.7 Å². The molecular weight excluding hydrogens is 382 g/mol. The molecule has 9 nitrogen and oxygen atoms in total. The van der Waals surface area contributed by atoms with Gasteiger partial charge in [-0.05, 0) is 50.2 Å². The van der Waals surface area contributed by atoms with Crippen LogP contribution in [0.25, 0.3) is 0 Å². The number of para-hydroxylation sites is 1. The van der Waals surface area contributed by atoms with Gasteiger partial charge in [-0.3, -0.25) is 5.41 Å². The highest BCUT2D eigenvalue weighted by Gasteiger charge is 2.10. The van der Waals surface area contributed by atoms with E-state index in [1.54, 1.807) is 4.90 Å². The first-order valence-corrected chi connectivity index (χ1v) is 9.64. The van der Waals surface area contributed by atoms with Crippen LogP contribution in [0, 0.1) is 5.41 Å². The predicted octanol–water partition coefficient (Wildman–Crippen LogP) is 3.78. The number of nitrogens with two attached hydrogens (primary N) is 1. The third-order valence-electron chi connectivity index (χ3n) is 4.18. The molecule has 0 bridgehead atoms. The summed E-state index contributed by atoms with van der Waals surface area (Å²) in [6.07, 6.45) is 0. The molecule has 30 heavy (non-hydrogen) atoms. The number of ether oxygens (including phenoxy) is 2. The lowest BCUT2D eigenvalue weighted by Gasteiger charge is -2.20. The number of benzene rings is 2. The van der Waals surface area contributed by atoms with Gasteiger partial charge in [0.1, 0.15) is 11.5 Å². The second-order valence-corrected chi connectivity index (χ2v) is 6.26. The summed E-state index contributed by atoms with van der Waals surface area (Å²) in [5.41, 5.74) is 6.57. The Hall–Kier alpha value is -3.88. The molecule has 0 saturated heterocycles. The Labute approximate surface area is 175 Å². The number of hydrogen-bond donors (Lipinski definition) is 3. The second kappa shape index (κ2) is 10.1. The fourth-order valence-electron chi connectivity index (χ4n) is 2.65. The molecule has 4 N–H and O–H groups in total. The third-order valence-corrected chi connectivity index (χ3v) is 4.18. The standard InChI is InChI=1S/C21H25N7O2/c1-3-28(4-2)20(23)29-14-18-25-19(22)27-21(26-18)24-15-10-12-17(13-11-15)30-16-8-6-5-7-9-16/h5-13,23H,3-4,14H2,1-2H3,(H3,22,24,25,26,27). The minimum absolute atomic E-state index is 0.0284. The first-order chi connectivity index (χ1) is 14.6. The van der Waals surface area contributed by atoms with Gasteiger partial charge in [0, 0.05) is 18.8 Å². The van der Waals surface area contributed by atoms with Crippen molar-refractivity contribution in [1.29, 1.82) is 5.41 Å². The molecule has 1 heterocycles. The molecule has 0 fully saturated rings. The Balaban J connectivity index is 1.63. The number of anilines is 3. The van der Waals surface area contributed by atoms with Crippen molar-refractivity contribution in [2.45, 2.75) is 20.5 Å². The molecule has 0 aliphatic rings. The molecule has 0 radical (unpaired) electrons. The van der Waals surface area contributed by atoms with Crippen LogP contribution in [0.3, 0.4) is 0 Å². The van der Waals surface area contributed by atoms with Gasteiger partial charge in [-0.25, -0.2) is 0 Å². The summed E-state index contributed by atoms with van der Waals surface area (Å²) in [4.78, 5) is 14.3. The fraction of sp³-hybridized carbons (Fsp3) is 0.238. The topological polar surface area (TPSA) is 122 Å². The Bertz CT molecular complexity index is 961. The molecule has 2 aromatic carbocycles. The van der Waals surface area contributed by atoms with E-state index < -0.39 is 0 Å². The summed E-state index contributed by atoms with van der Waals surface area (Å²) in [5.74, 6) is 2.19. The van der Waals surface area contributed by atoms with Gasteiger partial charge in [0.05, 0.1) is 0 Å². The van der Waals surface area contributed by atoms with E-state index in [0.717, 1.165) is 11.4 Å². The van der Waals surface area contributed by atoms with Crippen LogP contribution in [0.15, 0.2) is 54.6 Å². The molecular formula is C21H25N7O2. The Morgan fingerprint density at radius 1 is 0.967 bits per heavy atom. The van der Waals surface area contributed by atoms with Gasteiger partial charge in [0.15, 0.2) is 12.4 Å². The van der Waals surface area contributed by atoms with Gasteiger partial charge in [0.2, 0.25) is 11.9 Å². The van der Waals surface area contributed by atoms with Gasteiger partial charge in [-0.2, -0.15) is 15.0 Å². The lowest BCUT2D eigenvalue weighted by Crippen LogP contribution is -2.31. The molecule has 0 atom stereocenters. The van der Waals surface area contributed by atoms with E-state index in [-0.39, 0.29) is 18.6 Å². The molecule has 3 aromatic rings. The summed E-state index contributed by atoms with van der Waals surface area (Å²) in [5, 5.41) is 11.0. The molecule has 0 saturated carbocycles. The van der Waals surface area contributed by atoms with Crippen molar-refractivity contribution in [3.05, 3.63) is 60.4 Å². The van der Waals surface area contributed by atoms with E-state index in [4.69, 9.17) is 20.6 Å². The van der Waals surface area contributed by atoms with Crippen LogP contribution in [0.2, 0.25) is 0 Å². The van der Waals surface area contributed by atoms with E-state index in [0.29, 0.717) is 30.6 Å². The Morgan fingerprint density at radius 2 is 1.63 bits per heavy atom. The number of rotatable bonds is 8. The van der Waals surface area contributed by atoms with Crippen LogP contribution >= 0.6 is 0 Å². The van der Waals surface area contributed by atoms with E-state index in [1.807, 2.05) is 68.4 Å². The highest BCUT2D eigenvalue weighted by atomic mass is 16.5. The third kappa shape index (κ3) is 5.81. The summed E-state index contributed by atoms with van der Waals surface area (Å²) in [6.45, 7) is 5.32. The molecule has 0 unspecified atom stereocenters. The van der Waals surface area contributed by atoms with Gasteiger partial charge in [-0.1, -0.05) is 18.2 Å². The van der Waals surface area contributed by atoms with Crippen LogP contribution in [0.5, 0.6) is 11.5 Å². The lowest BCUT2D eigenvalue weighted by molar-refractivity contribution is 0.217. The number of hydrogen-bond acceptors (Lipinski definition) is 8. The number of nitrogens with zero attached hydrogens (tertiary/aromatic N) is 4. The number of amidine groups is 1. The van der Waals surface area contributed by atoms with Crippen molar-refractivity contribution in [1.82, 2.24) is 19.9 Å². The minimum atomic E-state index is 0.0284. The van der Waals surface area contributed by atoms with E-state index in [1.165, 1.54) is 0 Å². The predicted molar refractivity (Wildman–Crippen MR) is 116 cm³/mol. The Kier molecular flexibility index (Phi) is 6.99. The average Bonchev–Trinajstić information content (AvgIpc) is 2.75. The highest BCUT2D eigenvalue weighted by Crippen LogP contribution is 2.23. The lowest BCUT2D eigenvalue weighted by atomic mass is 10.3. The number of aromatic nitrogens is 3. The maximum absolute atomic E-state index is 7.96. The van der Waals surface area contributed by atoms with Crippen molar-refractivity contribution < 1.29 is 9.47 Å². The fourth-order valence-corrected chi connectivity index (χ4v) is 2.65. The van der Waals surface area contributed by atoms with Gasteiger partial charge < -0.3 is 25.4 Å². The number of nitrogens with one attached hydrogen (secondary N) is 2. The van der Waals surface area contributed by atoms with Crippen LogP contribution in [-0.2, 0) is 11.3 Å². The zero-order valence-corrected chi connectivity index (χ0v) is 17.0. The molecule has 1 aromatic heterocycles.